The molecule has 0 bridgehead atoms. The Morgan fingerprint density at radius 1 is 0.973 bits per heavy atom. The van der Waals surface area contributed by atoms with Crippen LogP contribution in [-0.4, -0.2) is 22.2 Å². The van der Waals surface area contributed by atoms with Crippen molar-refractivity contribution in [2.45, 2.75) is 5.60 Å². The lowest BCUT2D eigenvalue weighted by molar-refractivity contribution is -0.384. The predicted molar refractivity (Wildman–Crippen MR) is 136 cm³/mol. The van der Waals surface area contributed by atoms with E-state index in [4.69, 9.17) is 4.74 Å². The molecule has 0 saturated heterocycles. The summed E-state index contributed by atoms with van der Waals surface area (Å²) in [5.41, 5.74) is 1.72. The fraction of sp³-hybridized carbons (Fsp3) is 0.0357. The summed E-state index contributed by atoms with van der Waals surface area (Å²) in [6.45, 7) is 0. The number of carbonyl (C=O) groups is 1. The monoisotopic (exact) mass is 492 g/mol. The minimum absolute atomic E-state index is 0.0341. The normalized spacial score (nSPS) is 11.0. The number of non-ortho nitro benzene ring substituents is 1. The zero-order valence-corrected chi connectivity index (χ0v) is 19.3. The van der Waals surface area contributed by atoms with E-state index in [0.29, 0.717) is 22.4 Å². The van der Waals surface area contributed by atoms with Gasteiger partial charge in [0.1, 0.15) is 23.1 Å². The summed E-state index contributed by atoms with van der Waals surface area (Å²) in [5.74, 6) is -0.139. The number of benzene rings is 4. The molecule has 37 heavy (non-hydrogen) atoms. The van der Waals surface area contributed by atoms with Crippen molar-refractivity contribution in [3.05, 3.63) is 135 Å². The Labute approximate surface area is 212 Å². The van der Waals surface area contributed by atoms with Crippen molar-refractivity contribution in [3.8, 4) is 17.6 Å². The number of rotatable bonds is 8. The second-order valence-corrected chi connectivity index (χ2v) is 7.86. The van der Waals surface area contributed by atoms with Crippen molar-refractivity contribution in [1.29, 1.82) is 5.26 Å². The Bertz CT molecular complexity index is 1440. The van der Waals surface area contributed by atoms with Crippen LogP contribution in [0.4, 0.5) is 5.69 Å². The van der Waals surface area contributed by atoms with E-state index < -0.39 is 16.4 Å². The molecule has 182 valence electrons. The van der Waals surface area contributed by atoms with E-state index >= 15 is 0 Å². The van der Waals surface area contributed by atoms with Gasteiger partial charge in [0.2, 0.25) is 0 Å². The highest BCUT2D eigenvalue weighted by Gasteiger charge is 2.39. The predicted octanol–water partition coefficient (Wildman–Crippen LogP) is 4.64. The van der Waals surface area contributed by atoms with E-state index in [0.717, 1.165) is 6.07 Å². The number of amides is 1. The van der Waals surface area contributed by atoms with Gasteiger partial charge in [-0.05, 0) is 47.0 Å². The molecule has 0 heterocycles. The van der Waals surface area contributed by atoms with Gasteiger partial charge in [0.25, 0.3) is 11.6 Å². The summed E-state index contributed by atoms with van der Waals surface area (Å²) in [5, 5.41) is 35.6. The highest BCUT2D eigenvalue weighted by molar-refractivity contribution is 5.91. The molecule has 9 heteroatoms. The molecule has 4 rings (SSSR count). The third kappa shape index (κ3) is 5.51. The highest BCUT2D eigenvalue weighted by Crippen LogP contribution is 2.30. The number of nitrogens with zero attached hydrogens (tertiary/aromatic N) is 3. The van der Waals surface area contributed by atoms with Gasteiger partial charge in [-0.25, -0.2) is 5.43 Å². The number of hydrazone groups is 1. The number of hydrogen-bond acceptors (Lipinski definition) is 7. The number of nitrogens with one attached hydrogen (secondary N) is 1. The van der Waals surface area contributed by atoms with Crippen LogP contribution in [0.15, 0.2) is 108 Å². The van der Waals surface area contributed by atoms with Gasteiger partial charge < -0.3 is 9.84 Å². The quantitative estimate of drug-likeness (QED) is 0.209. The van der Waals surface area contributed by atoms with Gasteiger partial charge in [-0.1, -0.05) is 60.7 Å². The van der Waals surface area contributed by atoms with Crippen molar-refractivity contribution in [2.75, 3.05) is 0 Å². The number of aliphatic hydroxyl groups is 1. The van der Waals surface area contributed by atoms with Crippen molar-refractivity contribution in [2.24, 2.45) is 5.10 Å². The smallest absolute Gasteiger partial charge is 0.281 e. The van der Waals surface area contributed by atoms with Gasteiger partial charge in [-0.15, -0.1) is 0 Å². The summed E-state index contributed by atoms with van der Waals surface area (Å²) in [6, 6.07) is 29.4. The molecule has 0 saturated carbocycles. The van der Waals surface area contributed by atoms with E-state index in [2.05, 4.69) is 10.5 Å². The molecule has 0 aliphatic carbocycles. The van der Waals surface area contributed by atoms with Gasteiger partial charge in [-0.3, -0.25) is 14.9 Å². The van der Waals surface area contributed by atoms with Crippen LogP contribution in [-0.2, 0) is 10.4 Å². The lowest BCUT2D eigenvalue weighted by Crippen LogP contribution is -2.43. The maximum Gasteiger partial charge on any atom is 0.281 e. The molecule has 0 aliphatic rings. The van der Waals surface area contributed by atoms with Gasteiger partial charge in [0, 0.05) is 12.1 Å². The molecule has 4 aromatic rings. The molecule has 0 fully saturated rings. The standard InChI is InChI=1S/C28H20N4O5/c29-18-21-17-24(32(35)36)13-16-26(21)37-25-14-11-20(12-15-25)19-30-31-27(33)28(34,22-7-3-1-4-8-22)23-9-5-2-6-10-23/h1-17,19,34H,(H,31,33). The minimum atomic E-state index is -1.94. The third-order valence-corrected chi connectivity index (χ3v) is 5.49. The van der Waals surface area contributed by atoms with Crippen LogP contribution in [0, 0.1) is 21.4 Å². The SMILES string of the molecule is N#Cc1cc([N+](=O)[O-])ccc1Oc1ccc(C=NNC(=O)C(O)(c2ccccc2)c2ccccc2)cc1. The third-order valence-electron chi connectivity index (χ3n) is 5.49. The molecule has 0 radical (unpaired) electrons. The Morgan fingerprint density at radius 3 is 2.11 bits per heavy atom. The Balaban J connectivity index is 1.47. The van der Waals surface area contributed by atoms with E-state index in [1.807, 2.05) is 6.07 Å². The molecule has 4 aromatic carbocycles. The average Bonchev–Trinajstić information content (AvgIpc) is 2.94. The van der Waals surface area contributed by atoms with Gasteiger partial charge >= 0.3 is 0 Å². The first-order chi connectivity index (χ1) is 17.9. The lowest BCUT2D eigenvalue weighted by Gasteiger charge is -2.27. The van der Waals surface area contributed by atoms with Crippen LogP contribution in [0.2, 0.25) is 0 Å². The molecule has 9 nitrogen and oxygen atoms in total. The van der Waals surface area contributed by atoms with Crippen molar-refractivity contribution < 1.29 is 19.6 Å². The molecule has 0 spiro atoms. The van der Waals surface area contributed by atoms with Gasteiger partial charge in [0.15, 0.2) is 5.60 Å². The van der Waals surface area contributed by atoms with E-state index in [1.165, 1.54) is 18.3 Å². The highest BCUT2D eigenvalue weighted by atomic mass is 16.6. The molecule has 0 atom stereocenters. The fourth-order valence-corrected chi connectivity index (χ4v) is 3.59. The van der Waals surface area contributed by atoms with Crippen LogP contribution in [0.25, 0.3) is 0 Å². The number of nitriles is 1. The number of nitro groups is 1. The molecule has 1 amide bonds. The van der Waals surface area contributed by atoms with Crippen molar-refractivity contribution in [3.63, 3.8) is 0 Å². The summed E-state index contributed by atoms with van der Waals surface area (Å²) >= 11 is 0. The van der Waals surface area contributed by atoms with Gasteiger partial charge in [-0.2, -0.15) is 10.4 Å². The molecule has 0 unspecified atom stereocenters. The largest absolute Gasteiger partial charge is 0.456 e. The first-order valence-electron chi connectivity index (χ1n) is 11.0. The second kappa shape index (κ2) is 10.9. The summed E-state index contributed by atoms with van der Waals surface area (Å²) < 4.78 is 5.68. The Kier molecular flexibility index (Phi) is 7.33. The van der Waals surface area contributed by atoms with Crippen molar-refractivity contribution >= 4 is 17.8 Å². The Morgan fingerprint density at radius 2 is 1.57 bits per heavy atom. The Hall–Kier alpha value is -5.33. The van der Waals surface area contributed by atoms with Crippen molar-refractivity contribution in [1.82, 2.24) is 5.43 Å². The van der Waals surface area contributed by atoms with Crippen LogP contribution >= 0.6 is 0 Å². The van der Waals surface area contributed by atoms with E-state index in [-0.39, 0.29) is 17.0 Å². The molecule has 0 aliphatic heterocycles. The van der Waals surface area contributed by atoms with Crippen LogP contribution in [0.1, 0.15) is 22.3 Å². The molecular weight excluding hydrogens is 472 g/mol. The molecular formula is C28H20N4O5. The van der Waals surface area contributed by atoms with E-state index in [9.17, 15) is 25.3 Å². The summed E-state index contributed by atoms with van der Waals surface area (Å²) in [6.07, 6.45) is 1.41. The zero-order chi connectivity index (χ0) is 26.3. The van der Waals surface area contributed by atoms with Crippen LogP contribution in [0.5, 0.6) is 11.5 Å². The lowest BCUT2D eigenvalue weighted by atomic mass is 9.85. The van der Waals surface area contributed by atoms with E-state index in [1.54, 1.807) is 84.9 Å². The molecule has 0 aromatic heterocycles. The minimum Gasteiger partial charge on any atom is -0.456 e. The molecule has 2 N–H and O–H groups in total. The summed E-state index contributed by atoms with van der Waals surface area (Å²) in [7, 11) is 0. The average molecular weight is 492 g/mol. The number of nitro benzene ring substituents is 1. The first-order valence-corrected chi connectivity index (χ1v) is 11.0. The number of ether oxygens (including phenoxy) is 1. The van der Waals surface area contributed by atoms with Crippen LogP contribution in [0.3, 0.4) is 0 Å². The number of hydrogen-bond donors (Lipinski definition) is 2. The second-order valence-electron chi connectivity index (χ2n) is 7.86. The van der Waals surface area contributed by atoms with Gasteiger partial charge in [0.05, 0.1) is 11.1 Å². The first kappa shape index (κ1) is 24.8. The maximum absolute atomic E-state index is 13.1. The fourth-order valence-electron chi connectivity index (χ4n) is 3.59. The summed E-state index contributed by atoms with van der Waals surface area (Å²) in [4.78, 5) is 23.4. The maximum atomic E-state index is 13.1. The van der Waals surface area contributed by atoms with Crippen LogP contribution < -0.4 is 10.2 Å². The topological polar surface area (TPSA) is 138 Å². The number of carbonyl (C=O) groups excluding carboxylic acids is 1. The zero-order valence-electron chi connectivity index (χ0n) is 19.3.